The molecule has 3 aromatic carbocycles. The van der Waals surface area contributed by atoms with Crippen LogP contribution in [-0.4, -0.2) is 37.2 Å². The van der Waals surface area contributed by atoms with Crippen molar-refractivity contribution >= 4 is 49.1 Å². The van der Waals surface area contributed by atoms with Gasteiger partial charge in [0.2, 0.25) is 0 Å². The second-order valence-corrected chi connectivity index (χ2v) is 11.3. The van der Waals surface area contributed by atoms with E-state index in [9.17, 15) is 13.2 Å². The molecule has 4 rings (SSSR count). The third kappa shape index (κ3) is 5.55. The number of hydrogen-bond donors (Lipinski definition) is 0. The van der Waals surface area contributed by atoms with E-state index in [1.165, 1.54) is 17.6 Å². The molecule has 0 unspecified atom stereocenters. The summed E-state index contributed by atoms with van der Waals surface area (Å²) in [5.74, 6) is 1.68. The van der Waals surface area contributed by atoms with Gasteiger partial charge in [-0.05, 0) is 54.8 Å². The Bertz CT molecular complexity index is 1470. The molecule has 0 aliphatic rings. The minimum absolute atomic E-state index is 0.247. The summed E-state index contributed by atoms with van der Waals surface area (Å²) in [5, 5.41) is 0. The van der Waals surface area contributed by atoms with Gasteiger partial charge in [-0.25, -0.2) is 8.42 Å². The first-order valence-electron chi connectivity index (χ1n) is 10.1. The van der Waals surface area contributed by atoms with Crippen LogP contribution in [0.3, 0.4) is 0 Å². The van der Waals surface area contributed by atoms with Gasteiger partial charge in [0, 0.05) is 24.1 Å². The Morgan fingerprint density at radius 3 is 2.52 bits per heavy atom. The van der Waals surface area contributed by atoms with Gasteiger partial charge in [0.1, 0.15) is 11.5 Å². The van der Waals surface area contributed by atoms with E-state index < -0.39 is 9.84 Å². The molecule has 33 heavy (non-hydrogen) atoms. The largest absolute Gasteiger partial charge is 0.457 e. The number of hydrogen-bond acceptors (Lipinski definition) is 6. The zero-order valence-electron chi connectivity index (χ0n) is 18.1. The first kappa shape index (κ1) is 23.3. The predicted octanol–water partition coefficient (Wildman–Crippen LogP) is 5.00. The van der Waals surface area contributed by atoms with Crippen LogP contribution < -0.4 is 9.54 Å². The Balaban J connectivity index is 1.72. The lowest BCUT2D eigenvalue weighted by molar-refractivity contribution is 0.0997. The lowest BCUT2D eigenvalue weighted by atomic mass is 10.2. The van der Waals surface area contributed by atoms with Crippen LogP contribution in [0.4, 0.5) is 0 Å². The van der Waals surface area contributed by atoms with Crippen molar-refractivity contribution < 1.29 is 17.9 Å². The average molecular weight is 499 g/mol. The summed E-state index contributed by atoms with van der Waals surface area (Å²) < 4.78 is 32.5. The van der Waals surface area contributed by atoms with Crippen molar-refractivity contribution in [1.82, 2.24) is 4.57 Å². The van der Waals surface area contributed by atoms with Crippen molar-refractivity contribution in [3.8, 4) is 11.5 Å². The number of carbonyl (C=O) groups excluding carboxylic acids is 1. The molecule has 1 aromatic heterocycles. The smallest absolute Gasteiger partial charge is 0.279 e. The Morgan fingerprint density at radius 2 is 1.79 bits per heavy atom. The van der Waals surface area contributed by atoms with Gasteiger partial charge in [-0.3, -0.25) is 4.79 Å². The van der Waals surface area contributed by atoms with Gasteiger partial charge in [0.15, 0.2) is 14.6 Å². The van der Waals surface area contributed by atoms with E-state index in [0.29, 0.717) is 28.4 Å². The molecule has 0 fully saturated rings. The molecular formula is C24H22N2O4S3. The maximum atomic E-state index is 13.0. The van der Waals surface area contributed by atoms with Crippen molar-refractivity contribution in [2.45, 2.75) is 11.4 Å². The number of thiazole rings is 1. The normalized spacial score (nSPS) is 12.2. The van der Waals surface area contributed by atoms with Crippen LogP contribution in [0, 0.1) is 0 Å². The first-order chi connectivity index (χ1) is 15.8. The van der Waals surface area contributed by atoms with Crippen LogP contribution in [0.1, 0.15) is 10.4 Å². The molecule has 0 saturated heterocycles. The summed E-state index contributed by atoms with van der Waals surface area (Å²) in [7, 11) is -3.33. The van der Waals surface area contributed by atoms with Gasteiger partial charge in [-0.1, -0.05) is 35.6 Å². The maximum absolute atomic E-state index is 13.0. The number of fused-ring (bicyclic) bond motifs is 1. The van der Waals surface area contributed by atoms with Crippen LogP contribution in [-0.2, 0) is 16.4 Å². The molecule has 0 radical (unpaired) electrons. The lowest BCUT2D eigenvalue weighted by Gasteiger charge is -2.06. The number of para-hydroxylation sites is 1. The fraction of sp³-hybridized carbons (Fsp3) is 0.167. The van der Waals surface area contributed by atoms with E-state index in [-0.39, 0.29) is 10.8 Å². The number of ether oxygens (including phenoxy) is 1. The van der Waals surface area contributed by atoms with Gasteiger partial charge in [-0.2, -0.15) is 16.8 Å². The van der Waals surface area contributed by atoms with E-state index in [1.807, 2.05) is 41.2 Å². The summed E-state index contributed by atoms with van der Waals surface area (Å²) in [6.07, 6.45) is 3.19. The molecular weight excluding hydrogens is 476 g/mol. The van der Waals surface area contributed by atoms with Gasteiger partial charge in [0.05, 0.1) is 15.1 Å². The molecule has 170 valence electrons. The van der Waals surface area contributed by atoms with Gasteiger partial charge in [0.25, 0.3) is 5.91 Å². The molecule has 9 heteroatoms. The molecule has 1 heterocycles. The monoisotopic (exact) mass is 498 g/mol. The summed E-state index contributed by atoms with van der Waals surface area (Å²) in [6.45, 7) is 0.655. The summed E-state index contributed by atoms with van der Waals surface area (Å²) in [6, 6.07) is 21.3. The van der Waals surface area contributed by atoms with Crippen LogP contribution in [0.2, 0.25) is 0 Å². The number of rotatable bonds is 7. The molecule has 6 nitrogen and oxygen atoms in total. The predicted molar refractivity (Wildman–Crippen MR) is 134 cm³/mol. The summed E-state index contributed by atoms with van der Waals surface area (Å²) in [5.41, 5.74) is 1.27. The Morgan fingerprint density at radius 1 is 1.03 bits per heavy atom. The molecule has 0 saturated carbocycles. The van der Waals surface area contributed by atoms with Crippen molar-refractivity contribution in [3.63, 3.8) is 0 Å². The van der Waals surface area contributed by atoms with Crippen molar-refractivity contribution in [2.75, 3.05) is 18.3 Å². The second kappa shape index (κ2) is 9.94. The number of carbonyl (C=O) groups is 1. The number of aromatic nitrogens is 1. The van der Waals surface area contributed by atoms with Gasteiger partial charge in [-0.15, -0.1) is 0 Å². The second-order valence-electron chi connectivity index (χ2n) is 7.29. The zero-order valence-corrected chi connectivity index (χ0v) is 20.5. The number of nitrogens with zero attached hydrogens (tertiary/aromatic N) is 2. The van der Waals surface area contributed by atoms with E-state index >= 15 is 0 Å². The highest BCUT2D eigenvalue weighted by Crippen LogP contribution is 2.24. The third-order valence-corrected chi connectivity index (χ3v) is 7.60. The fourth-order valence-electron chi connectivity index (χ4n) is 3.24. The topological polar surface area (TPSA) is 77.7 Å². The van der Waals surface area contributed by atoms with E-state index in [2.05, 4.69) is 4.99 Å². The molecule has 0 bridgehead atoms. The fourth-order valence-corrected chi connectivity index (χ4v) is 5.42. The highest BCUT2D eigenvalue weighted by Gasteiger charge is 2.14. The summed E-state index contributed by atoms with van der Waals surface area (Å²) in [4.78, 5) is 18.2. The van der Waals surface area contributed by atoms with Gasteiger partial charge < -0.3 is 9.30 Å². The van der Waals surface area contributed by atoms with Crippen LogP contribution in [0.15, 0.2) is 82.7 Å². The third-order valence-electron chi connectivity index (χ3n) is 4.86. The summed E-state index contributed by atoms with van der Waals surface area (Å²) >= 11 is 2.99. The average Bonchev–Trinajstić information content (AvgIpc) is 3.14. The van der Waals surface area contributed by atoms with Crippen molar-refractivity contribution in [3.05, 3.63) is 83.2 Å². The lowest BCUT2D eigenvalue weighted by Crippen LogP contribution is -2.18. The molecule has 0 aliphatic heterocycles. The number of thioether (sulfide) groups is 1. The number of aryl methyl sites for hydroxylation is 1. The number of amides is 1. The Kier molecular flexibility index (Phi) is 7.02. The SMILES string of the molecule is CSCCn1c(=NC(=O)c2cccc(Oc3ccccc3)c2)sc2cc(S(C)(=O)=O)ccc21. The van der Waals surface area contributed by atoms with Crippen LogP contribution >= 0.6 is 23.1 Å². The van der Waals surface area contributed by atoms with Crippen molar-refractivity contribution in [2.24, 2.45) is 4.99 Å². The first-order valence-corrected chi connectivity index (χ1v) is 14.2. The molecule has 0 atom stereocenters. The number of sulfone groups is 1. The molecule has 1 amide bonds. The van der Waals surface area contributed by atoms with Gasteiger partial charge >= 0.3 is 0 Å². The quantitative estimate of drug-likeness (QED) is 0.358. The van der Waals surface area contributed by atoms with Crippen molar-refractivity contribution in [1.29, 1.82) is 0 Å². The Hall–Kier alpha value is -2.88. The van der Waals surface area contributed by atoms with Crippen LogP contribution in [0.25, 0.3) is 10.2 Å². The van der Waals surface area contributed by atoms with E-state index in [1.54, 1.807) is 54.2 Å². The highest BCUT2D eigenvalue weighted by atomic mass is 32.2. The molecule has 4 aromatic rings. The zero-order chi connectivity index (χ0) is 23.4. The number of benzene rings is 3. The van der Waals surface area contributed by atoms with Crippen LogP contribution in [0.5, 0.6) is 11.5 Å². The molecule has 0 aliphatic carbocycles. The minimum atomic E-state index is -3.33. The highest BCUT2D eigenvalue weighted by molar-refractivity contribution is 7.98. The standard InChI is InChI=1S/C24H22N2O4S3/c1-31-14-13-26-21-12-11-20(33(2,28)29)16-22(21)32-24(26)25-23(27)17-7-6-10-19(15-17)30-18-8-4-3-5-9-18/h3-12,15-16H,13-14H2,1-2H3. The maximum Gasteiger partial charge on any atom is 0.279 e. The van der Waals surface area contributed by atoms with E-state index in [4.69, 9.17) is 4.74 Å². The van der Waals surface area contributed by atoms with E-state index in [0.717, 1.165) is 16.0 Å². The minimum Gasteiger partial charge on any atom is -0.457 e. The molecule has 0 spiro atoms. The Labute approximate surface area is 200 Å². The molecule has 0 N–H and O–H groups in total.